The van der Waals surface area contributed by atoms with E-state index in [1.807, 2.05) is 42.5 Å². The van der Waals surface area contributed by atoms with Crippen LogP contribution in [-0.2, 0) is 12.2 Å². The Bertz CT molecular complexity index is 924. The highest BCUT2D eigenvalue weighted by Gasteiger charge is 2.22. The quantitative estimate of drug-likeness (QED) is 0.466. The van der Waals surface area contributed by atoms with Crippen molar-refractivity contribution in [2.75, 3.05) is 5.73 Å². The van der Waals surface area contributed by atoms with Gasteiger partial charge in [0.2, 0.25) is 0 Å². The molecule has 0 saturated heterocycles. The monoisotopic (exact) mass is 379 g/mol. The fraction of sp³-hybridized carbons (Fsp3) is 0.250. The maximum Gasteiger partial charge on any atom is 0.251 e. The second-order valence-electron chi connectivity index (χ2n) is 6.65. The van der Waals surface area contributed by atoms with Crippen molar-refractivity contribution in [2.24, 2.45) is 0 Å². The summed E-state index contributed by atoms with van der Waals surface area (Å²) < 4.78 is 0. The normalized spacial score (nSPS) is 15.9. The molecule has 4 rings (SSSR count). The fourth-order valence-electron chi connectivity index (χ4n) is 3.39. The van der Waals surface area contributed by atoms with E-state index in [0.717, 1.165) is 41.4 Å². The number of fused-ring (bicyclic) bond motifs is 1. The molecular formula is C20H21N5OS. The summed E-state index contributed by atoms with van der Waals surface area (Å²) in [5.41, 5.74) is 10.9. The number of aryl methyl sites for hydroxylation is 1. The molecule has 3 aromatic rings. The van der Waals surface area contributed by atoms with E-state index < -0.39 is 0 Å². The van der Waals surface area contributed by atoms with Crippen LogP contribution in [0.3, 0.4) is 0 Å². The second-order valence-corrected chi connectivity index (χ2v) is 7.62. The highest BCUT2D eigenvalue weighted by molar-refractivity contribution is 7.98. The summed E-state index contributed by atoms with van der Waals surface area (Å²) in [5, 5.41) is 10.6. The van der Waals surface area contributed by atoms with Crippen molar-refractivity contribution in [1.29, 1.82) is 0 Å². The van der Waals surface area contributed by atoms with Gasteiger partial charge in [0, 0.05) is 17.0 Å². The third-order valence-electron chi connectivity index (χ3n) is 4.77. The number of carbonyl (C=O) groups excluding carboxylic acids is 1. The number of rotatable bonds is 5. The van der Waals surface area contributed by atoms with E-state index in [1.54, 1.807) is 11.8 Å². The van der Waals surface area contributed by atoms with Crippen molar-refractivity contribution < 1.29 is 4.79 Å². The van der Waals surface area contributed by atoms with E-state index in [4.69, 9.17) is 5.73 Å². The topological polar surface area (TPSA) is 96.7 Å². The van der Waals surface area contributed by atoms with Crippen LogP contribution in [-0.4, -0.2) is 21.1 Å². The van der Waals surface area contributed by atoms with E-state index in [0.29, 0.717) is 5.56 Å². The zero-order chi connectivity index (χ0) is 18.6. The Morgan fingerprint density at radius 2 is 2.11 bits per heavy atom. The lowest BCUT2D eigenvalue weighted by atomic mass is 9.87. The molecule has 27 heavy (non-hydrogen) atoms. The summed E-state index contributed by atoms with van der Waals surface area (Å²) in [4.78, 5) is 16.8. The van der Waals surface area contributed by atoms with Crippen LogP contribution in [0.4, 0.5) is 5.69 Å². The number of nitrogen functional groups attached to an aromatic ring is 1. The summed E-state index contributed by atoms with van der Waals surface area (Å²) in [7, 11) is 0. The Morgan fingerprint density at radius 3 is 2.89 bits per heavy atom. The maximum absolute atomic E-state index is 12.7. The van der Waals surface area contributed by atoms with Gasteiger partial charge in [-0.05, 0) is 60.2 Å². The van der Waals surface area contributed by atoms with Crippen LogP contribution in [0.15, 0.2) is 53.9 Å². The number of carbonyl (C=O) groups is 1. The number of aromatic amines is 1. The minimum absolute atomic E-state index is 0.0425. The molecule has 6 nitrogen and oxygen atoms in total. The number of aromatic nitrogens is 3. The van der Waals surface area contributed by atoms with Crippen molar-refractivity contribution in [2.45, 2.75) is 36.2 Å². The van der Waals surface area contributed by atoms with E-state index in [9.17, 15) is 4.79 Å². The lowest BCUT2D eigenvalue weighted by Gasteiger charge is -2.26. The second kappa shape index (κ2) is 7.84. The molecule has 0 spiro atoms. The van der Waals surface area contributed by atoms with E-state index in [2.05, 4.69) is 20.5 Å². The molecule has 1 unspecified atom stereocenters. The number of H-pyrrole nitrogens is 1. The number of hydrogen-bond acceptors (Lipinski definition) is 5. The SMILES string of the molecule is Nc1ccc2c(c1)CCCC2NC(=O)c1ccc(CSc2ncn[nH]2)cc1. The van der Waals surface area contributed by atoms with Crippen molar-refractivity contribution in [3.63, 3.8) is 0 Å². The van der Waals surface area contributed by atoms with Crippen LogP contribution in [0.5, 0.6) is 0 Å². The van der Waals surface area contributed by atoms with Gasteiger partial charge >= 0.3 is 0 Å². The minimum Gasteiger partial charge on any atom is -0.399 e. The number of nitrogens with two attached hydrogens (primary N) is 1. The molecule has 1 atom stereocenters. The first kappa shape index (κ1) is 17.6. The predicted octanol–water partition coefficient (Wildman–Crippen LogP) is 3.49. The number of benzene rings is 2. The van der Waals surface area contributed by atoms with Gasteiger partial charge in [0.1, 0.15) is 6.33 Å². The summed E-state index contributed by atoms with van der Waals surface area (Å²) in [6.45, 7) is 0. The molecule has 0 saturated carbocycles. The Kier molecular flexibility index (Phi) is 5.11. The molecule has 7 heteroatoms. The van der Waals surface area contributed by atoms with Gasteiger partial charge in [0.25, 0.3) is 5.91 Å². The predicted molar refractivity (Wildman–Crippen MR) is 106 cm³/mol. The van der Waals surface area contributed by atoms with Crippen molar-refractivity contribution in [3.8, 4) is 0 Å². The van der Waals surface area contributed by atoms with Crippen LogP contribution in [0.1, 0.15) is 45.9 Å². The van der Waals surface area contributed by atoms with Gasteiger partial charge in [0.05, 0.1) is 6.04 Å². The van der Waals surface area contributed by atoms with Gasteiger partial charge in [-0.1, -0.05) is 30.0 Å². The molecule has 1 aliphatic carbocycles. The van der Waals surface area contributed by atoms with Gasteiger partial charge in [0.15, 0.2) is 5.16 Å². The maximum atomic E-state index is 12.7. The van der Waals surface area contributed by atoms with Gasteiger partial charge in [-0.25, -0.2) is 4.98 Å². The van der Waals surface area contributed by atoms with Gasteiger partial charge < -0.3 is 11.1 Å². The van der Waals surface area contributed by atoms with Gasteiger partial charge in [-0.15, -0.1) is 0 Å². The summed E-state index contributed by atoms with van der Waals surface area (Å²) in [6.07, 6.45) is 4.52. The van der Waals surface area contributed by atoms with Crippen molar-refractivity contribution >= 4 is 23.4 Å². The molecule has 1 aromatic heterocycles. The number of anilines is 1. The van der Waals surface area contributed by atoms with Crippen molar-refractivity contribution in [1.82, 2.24) is 20.5 Å². The molecular weight excluding hydrogens is 358 g/mol. The van der Waals surface area contributed by atoms with E-state index in [1.165, 1.54) is 17.5 Å². The first-order chi connectivity index (χ1) is 13.2. The minimum atomic E-state index is -0.0425. The molecule has 4 N–H and O–H groups in total. The van der Waals surface area contributed by atoms with Gasteiger partial charge in [-0.3, -0.25) is 9.89 Å². The first-order valence-electron chi connectivity index (χ1n) is 8.95. The molecule has 1 amide bonds. The number of nitrogens with one attached hydrogen (secondary N) is 2. The average molecular weight is 379 g/mol. The molecule has 0 radical (unpaired) electrons. The lowest BCUT2D eigenvalue weighted by molar-refractivity contribution is 0.0933. The molecule has 2 aromatic carbocycles. The number of hydrogen-bond donors (Lipinski definition) is 3. The molecule has 1 heterocycles. The smallest absolute Gasteiger partial charge is 0.251 e. The fourth-order valence-corrected chi connectivity index (χ4v) is 4.13. The van der Waals surface area contributed by atoms with Crippen LogP contribution in [0, 0.1) is 0 Å². The standard InChI is InChI=1S/C20H21N5OS/c21-16-8-9-17-15(10-16)2-1-3-18(17)24-19(26)14-6-4-13(5-7-14)11-27-20-22-12-23-25-20/h4-10,12,18H,1-3,11,21H2,(H,24,26)(H,22,23,25). The third-order valence-corrected chi connectivity index (χ3v) is 5.72. The molecule has 0 fully saturated rings. The zero-order valence-corrected chi connectivity index (χ0v) is 15.6. The Hall–Kier alpha value is -2.80. The third kappa shape index (κ3) is 4.14. The summed E-state index contributed by atoms with van der Waals surface area (Å²) in [6, 6.07) is 13.7. The number of thioether (sulfide) groups is 1. The molecule has 1 aliphatic rings. The lowest BCUT2D eigenvalue weighted by Crippen LogP contribution is -2.31. The average Bonchev–Trinajstić information content (AvgIpc) is 3.20. The van der Waals surface area contributed by atoms with Crippen LogP contribution < -0.4 is 11.1 Å². The van der Waals surface area contributed by atoms with Gasteiger partial charge in [-0.2, -0.15) is 5.10 Å². The van der Waals surface area contributed by atoms with E-state index >= 15 is 0 Å². The Morgan fingerprint density at radius 1 is 1.26 bits per heavy atom. The summed E-state index contributed by atoms with van der Waals surface area (Å²) in [5.74, 6) is 0.730. The Balaban J connectivity index is 1.40. The van der Waals surface area contributed by atoms with Crippen molar-refractivity contribution in [3.05, 3.63) is 71.0 Å². The Labute approximate surface area is 162 Å². The van der Waals surface area contributed by atoms with Crippen LogP contribution >= 0.6 is 11.8 Å². The number of amides is 1. The van der Waals surface area contributed by atoms with Crippen LogP contribution in [0.2, 0.25) is 0 Å². The zero-order valence-electron chi connectivity index (χ0n) is 14.8. The highest BCUT2D eigenvalue weighted by Crippen LogP contribution is 2.31. The molecule has 0 aliphatic heterocycles. The summed E-state index contributed by atoms with van der Waals surface area (Å²) >= 11 is 1.58. The van der Waals surface area contributed by atoms with E-state index in [-0.39, 0.29) is 11.9 Å². The molecule has 138 valence electrons. The molecule has 0 bridgehead atoms. The largest absolute Gasteiger partial charge is 0.399 e. The number of nitrogens with zero attached hydrogens (tertiary/aromatic N) is 2. The highest BCUT2D eigenvalue weighted by atomic mass is 32.2. The van der Waals surface area contributed by atoms with Crippen LogP contribution in [0.25, 0.3) is 0 Å². The first-order valence-corrected chi connectivity index (χ1v) is 9.94.